The molecule has 0 fully saturated rings. The molecule has 2 aromatic carbocycles. The van der Waals surface area contributed by atoms with E-state index in [-0.39, 0.29) is 10.0 Å². The molecule has 0 saturated carbocycles. The fraction of sp³-hybridized carbons (Fsp3) is 0.125. The lowest BCUT2D eigenvalue weighted by atomic mass is 10.1. The average molecular weight is 347 g/mol. The largest absolute Gasteiger partial charge is 0.337 e. The highest BCUT2D eigenvalue weighted by atomic mass is 79.9. The van der Waals surface area contributed by atoms with Crippen molar-refractivity contribution in [2.24, 2.45) is 0 Å². The Morgan fingerprint density at radius 1 is 1.33 bits per heavy atom. The van der Waals surface area contributed by atoms with Gasteiger partial charge in [0, 0.05) is 13.6 Å². The van der Waals surface area contributed by atoms with Crippen LogP contribution in [0.1, 0.15) is 21.5 Å². The van der Waals surface area contributed by atoms with Crippen molar-refractivity contribution in [1.82, 2.24) is 4.90 Å². The van der Waals surface area contributed by atoms with Crippen LogP contribution < -0.4 is 0 Å². The van der Waals surface area contributed by atoms with E-state index in [0.29, 0.717) is 12.1 Å². The summed E-state index contributed by atoms with van der Waals surface area (Å²) in [4.78, 5) is 13.7. The van der Waals surface area contributed by atoms with Crippen molar-refractivity contribution in [3.63, 3.8) is 0 Å². The maximum absolute atomic E-state index is 13.9. The molecule has 2 rings (SSSR count). The van der Waals surface area contributed by atoms with Crippen LogP contribution in [0.3, 0.4) is 0 Å². The Bertz CT molecular complexity index is 724. The maximum Gasteiger partial charge on any atom is 0.256 e. The molecule has 0 aromatic heterocycles. The van der Waals surface area contributed by atoms with Gasteiger partial charge in [0.15, 0.2) is 0 Å². The van der Waals surface area contributed by atoms with E-state index in [9.17, 15) is 9.18 Å². The second kappa shape index (κ2) is 6.51. The van der Waals surface area contributed by atoms with E-state index in [1.165, 1.54) is 11.0 Å². The molecule has 0 spiro atoms. The van der Waals surface area contributed by atoms with Crippen molar-refractivity contribution < 1.29 is 9.18 Å². The molecule has 1 amide bonds. The van der Waals surface area contributed by atoms with Crippen LogP contribution in [0.25, 0.3) is 0 Å². The van der Waals surface area contributed by atoms with Crippen LogP contribution in [0.2, 0.25) is 0 Å². The molecular formula is C16H12BrFN2O. The number of carbonyl (C=O) groups is 1. The molecule has 0 saturated heterocycles. The Morgan fingerprint density at radius 3 is 2.76 bits per heavy atom. The highest BCUT2D eigenvalue weighted by molar-refractivity contribution is 9.10. The third-order valence-corrected chi connectivity index (χ3v) is 3.62. The minimum atomic E-state index is -0.569. The summed E-state index contributed by atoms with van der Waals surface area (Å²) in [5, 5.41) is 8.86. The molecule has 0 radical (unpaired) electrons. The molecule has 21 heavy (non-hydrogen) atoms. The number of halogens is 2. The number of rotatable bonds is 3. The summed E-state index contributed by atoms with van der Waals surface area (Å²) in [5.41, 5.74) is 1.37. The molecule has 5 heteroatoms. The first-order chi connectivity index (χ1) is 10.0. The molecule has 106 valence electrons. The number of benzene rings is 2. The highest BCUT2D eigenvalue weighted by Gasteiger charge is 2.17. The fourth-order valence-corrected chi connectivity index (χ4v) is 2.33. The molecule has 0 aliphatic carbocycles. The lowest BCUT2D eigenvalue weighted by molar-refractivity contribution is 0.0780. The Kier molecular flexibility index (Phi) is 4.71. The van der Waals surface area contributed by atoms with Gasteiger partial charge in [0.2, 0.25) is 0 Å². The number of hydrogen-bond donors (Lipinski definition) is 0. The minimum absolute atomic E-state index is 0.0170. The first-order valence-corrected chi connectivity index (χ1v) is 7.00. The zero-order valence-electron chi connectivity index (χ0n) is 11.3. The van der Waals surface area contributed by atoms with Crippen LogP contribution in [0, 0.1) is 17.1 Å². The van der Waals surface area contributed by atoms with Gasteiger partial charge in [0.25, 0.3) is 5.91 Å². The van der Waals surface area contributed by atoms with E-state index in [4.69, 9.17) is 5.26 Å². The van der Waals surface area contributed by atoms with Crippen molar-refractivity contribution in [3.8, 4) is 6.07 Å². The Hall–Kier alpha value is -2.19. The van der Waals surface area contributed by atoms with Crippen molar-refractivity contribution in [2.75, 3.05) is 7.05 Å². The van der Waals surface area contributed by atoms with Gasteiger partial charge in [-0.3, -0.25) is 4.79 Å². The molecule has 3 nitrogen and oxygen atoms in total. The lowest BCUT2D eigenvalue weighted by Crippen LogP contribution is -2.27. The Balaban J connectivity index is 2.20. The topological polar surface area (TPSA) is 44.1 Å². The van der Waals surface area contributed by atoms with Gasteiger partial charge in [0.1, 0.15) is 5.82 Å². The third-order valence-electron chi connectivity index (χ3n) is 3.00. The van der Waals surface area contributed by atoms with Gasteiger partial charge in [-0.2, -0.15) is 5.26 Å². The van der Waals surface area contributed by atoms with Gasteiger partial charge in [-0.1, -0.05) is 18.2 Å². The quantitative estimate of drug-likeness (QED) is 0.849. The van der Waals surface area contributed by atoms with E-state index < -0.39 is 11.7 Å². The summed E-state index contributed by atoms with van der Waals surface area (Å²) in [5.74, 6) is -0.976. The summed E-state index contributed by atoms with van der Waals surface area (Å²) in [6.07, 6.45) is 0. The summed E-state index contributed by atoms with van der Waals surface area (Å²) >= 11 is 3.07. The zero-order chi connectivity index (χ0) is 15.4. The fourth-order valence-electron chi connectivity index (χ4n) is 1.96. The first kappa shape index (κ1) is 15.2. The number of amides is 1. The van der Waals surface area contributed by atoms with Gasteiger partial charge in [-0.05, 0) is 45.8 Å². The molecule has 0 aliphatic heterocycles. The van der Waals surface area contributed by atoms with E-state index in [2.05, 4.69) is 15.9 Å². The standard InChI is InChI=1S/C16H12BrFN2O/c1-20(10-12-5-2-4-11(8-12)9-19)16(21)13-6-3-7-14(17)15(13)18/h2-8H,10H2,1H3. The monoisotopic (exact) mass is 346 g/mol. The van der Waals surface area contributed by atoms with Gasteiger partial charge >= 0.3 is 0 Å². The smallest absolute Gasteiger partial charge is 0.256 e. The number of nitrogens with zero attached hydrogens (tertiary/aromatic N) is 2. The number of nitriles is 1. The van der Waals surface area contributed by atoms with Crippen molar-refractivity contribution in [2.45, 2.75) is 6.54 Å². The predicted molar refractivity (Wildman–Crippen MR) is 81.1 cm³/mol. The third kappa shape index (κ3) is 3.47. The average Bonchev–Trinajstić information content (AvgIpc) is 2.49. The van der Waals surface area contributed by atoms with E-state index in [0.717, 1.165) is 5.56 Å². The van der Waals surface area contributed by atoms with Crippen LogP contribution in [-0.2, 0) is 6.54 Å². The summed E-state index contributed by atoms with van der Waals surface area (Å²) in [6, 6.07) is 13.6. The van der Waals surface area contributed by atoms with Crippen LogP contribution in [-0.4, -0.2) is 17.9 Å². The molecular weight excluding hydrogens is 335 g/mol. The molecule has 0 N–H and O–H groups in total. The second-order valence-corrected chi connectivity index (χ2v) is 5.43. The Labute approximate surface area is 130 Å². The summed E-state index contributed by atoms with van der Waals surface area (Å²) in [7, 11) is 1.60. The predicted octanol–water partition coefficient (Wildman–Crippen LogP) is 3.73. The number of hydrogen-bond acceptors (Lipinski definition) is 2. The molecule has 0 aliphatic rings. The highest BCUT2D eigenvalue weighted by Crippen LogP contribution is 2.20. The molecule has 0 atom stereocenters. The number of carbonyl (C=O) groups excluding carboxylic acids is 1. The van der Waals surface area contributed by atoms with Crippen molar-refractivity contribution in [1.29, 1.82) is 5.26 Å². The van der Waals surface area contributed by atoms with E-state index >= 15 is 0 Å². The maximum atomic E-state index is 13.9. The lowest BCUT2D eigenvalue weighted by Gasteiger charge is -2.18. The van der Waals surface area contributed by atoms with Crippen molar-refractivity contribution >= 4 is 21.8 Å². The van der Waals surface area contributed by atoms with E-state index in [1.807, 2.05) is 12.1 Å². The van der Waals surface area contributed by atoms with Gasteiger partial charge in [-0.25, -0.2) is 4.39 Å². The molecule has 0 heterocycles. The molecule has 2 aromatic rings. The van der Waals surface area contributed by atoms with Crippen LogP contribution in [0.4, 0.5) is 4.39 Å². The van der Waals surface area contributed by atoms with Crippen LogP contribution in [0.15, 0.2) is 46.9 Å². The van der Waals surface area contributed by atoms with Crippen LogP contribution in [0.5, 0.6) is 0 Å². The van der Waals surface area contributed by atoms with Gasteiger partial charge in [0.05, 0.1) is 21.7 Å². The van der Waals surface area contributed by atoms with E-state index in [1.54, 1.807) is 37.4 Å². The van der Waals surface area contributed by atoms with Crippen LogP contribution >= 0.6 is 15.9 Å². The first-order valence-electron chi connectivity index (χ1n) is 6.21. The second-order valence-electron chi connectivity index (χ2n) is 4.57. The summed E-state index contributed by atoms with van der Waals surface area (Å²) < 4.78 is 14.2. The van der Waals surface area contributed by atoms with Crippen molar-refractivity contribution in [3.05, 3.63) is 69.4 Å². The summed E-state index contributed by atoms with van der Waals surface area (Å²) in [6.45, 7) is 0.306. The van der Waals surface area contributed by atoms with Gasteiger partial charge in [-0.15, -0.1) is 0 Å². The normalized spacial score (nSPS) is 10.0. The SMILES string of the molecule is CN(Cc1cccc(C#N)c1)C(=O)c1cccc(Br)c1F. The Morgan fingerprint density at radius 2 is 2.05 bits per heavy atom. The minimum Gasteiger partial charge on any atom is -0.337 e. The molecule has 0 unspecified atom stereocenters. The van der Waals surface area contributed by atoms with Gasteiger partial charge < -0.3 is 4.90 Å². The molecule has 0 bridgehead atoms. The zero-order valence-corrected chi connectivity index (χ0v) is 12.9.